The predicted octanol–water partition coefficient (Wildman–Crippen LogP) is 2.75. The van der Waals surface area contributed by atoms with Gasteiger partial charge < -0.3 is 10.2 Å². The van der Waals surface area contributed by atoms with Crippen molar-refractivity contribution in [3.63, 3.8) is 0 Å². The molecule has 0 radical (unpaired) electrons. The third-order valence-electron chi connectivity index (χ3n) is 4.49. The van der Waals surface area contributed by atoms with E-state index in [0.717, 1.165) is 12.8 Å². The molecular formula is C18H21N3O3S. The van der Waals surface area contributed by atoms with Crippen LogP contribution >= 0.6 is 0 Å². The van der Waals surface area contributed by atoms with Crippen molar-refractivity contribution in [1.29, 1.82) is 0 Å². The molecule has 0 aliphatic carbocycles. The van der Waals surface area contributed by atoms with E-state index in [1.54, 1.807) is 4.90 Å². The molecule has 0 bridgehead atoms. The Morgan fingerprint density at radius 1 is 1.00 bits per heavy atom. The van der Waals surface area contributed by atoms with Crippen LogP contribution in [-0.4, -0.2) is 32.4 Å². The number of carbonyl (C=O) groups excluding carboxylic acids is 1. The van der Waals surface area contributed by atoms with Crippen molar-refractivity contribution in [2.75, 3.05) is 18.4 Å². The molecule has 1 aliphatic rings. The Hall–Kier alpha value is -2.38. The van der Waals surface area contributed by atoms with Crippen LogP contribution in [0, 0.1) is 0 Å². The number of rotatable bonds is 3. The van der Waals surface area contributed by atoms with Crippen LogP contribution in [-0.2, 0) is 10.0 Å². The minimum atomic E-state index is -3.72. The molecule has 0 saturated carbocycles. The van der Waals surface area contributed by atoms with E-state index < -0.39 is 10.0 Å². The van der Waals surface area contributed by atoms with Gasteiger partial charge in [0.25, 0.3) is 0 Å². The van der Waals surface area contributed by atoms with Crippen LogP contribution in [0.15, 0.2) is 59.5 Å². The van der Waals surface area contributed by atoms with Crippen LogP contribution in [0.4, 0.5) is 10.5 Å². The summed E-state index contributed by atoms with van der Waals surface area (Å²) in [6.45, 7) is 1.39. The lowest BCUT2D eigenvalue weighted by atomic mass is 9.90. The molecule has 25 heavy (non-hydrogen) atoms. The Balaban J connectivity index is 1.56. The molecule has 0 aromatic heterocycles. The van der Waals surface area contributed by atoms with Crippen molar-refractivity contribution in [3.05, 3.63) is 60.2 Å². The van der Waals surface area contributed by atoms with E-state index in [1.165, 1.54) is 29.8 Å². The molecule has 132 valence electrons. The third-order valence-corrected chi connectivity index (χ3v) is 5.42. The van der Waals surface area contributed by atoms with Gasteiger partial charge in [0, 0.05) is 18.8 Å². The Kier molecular flexibility index (Phi) is 5.06. The zero-order valence-electron chi connectivity index (χ0n) is 13.8. The van der Waals surface area contributed by atoms with E-state index >= 15 is 0 Å². The summed E-state index contributed by atoms with van der Waals surface area (Å²) in [4.78, 5) is 14.2. The van der Waals surface area contributed by atoms with Crippen molar-refractivity contribution < 1.29 is 13.2 Å². The second kappa shape index (κ2) is 7.25. The highest BCUT2D eigenvalue weighted by molar-refractivity contribution is 7.89. The second-order valence-corrected chi connectivity index (χ2v) is 7.73. The van der Waals surface area contributed by atoms with E-state index in [2.05, 4.69) is 17.4 Å². The highest BCUT2D eigenvalue weighted by Crippen LogP contribution is 2.28. The number of urea groups is 1. The average molecular weight is 359 g/mol. The first-order valence-corrected chi connectivity index (χ1v) is 9.72. The number of likely N-dealkylation sites (tertiary alicyclic amines) is 1. The Bertz CT molecular complexity index is 828. The zero-order valence-corrected chi connectivity index (χ0v) is 14.6. The minimum Gasteiger partial charge on any atom is -0.324 e. The molecule has 2 aromatic rings. The maximum absolute atomic E-state index is 12.4. The first kappa shape index (κ1) is 17.4. The fourth-order valence-corrected chi connectivity index (χ4v) is 3.59. The molecule has 6 nitrogen and oxygen atoms in total. The largest absolute Gasteiger partial charge is 0.324 e. The zero-order chi connectivity index (χ0) is 17.9. The number of piperidine rings is 1. The van der Waals surface area contributed by atoms with Crippen molar-refractivity contribution >= 4 is 21.7 Å². The number of anilines is 1. The van der Waals surface area contributed by atoms with Crippen molar-refractivity contribution in [1.82, 2.24) is 4.90 Å². The summed E-state index contributed by atoms with van der Waals surface area (Å²) < 4.78 is 22.5. The summed E-state index contributed by atoms with van der Waals surface area (Å²) in [6, 6.07) is 16.0. The third kappa shape index (κ3) is 4.37. The maximum atomic E-state index is 12.4. The number of sulfonamides is 1. The standard InChI is InChI=1S/C18H21N3O3S/c19-25(23,24)17-8-6-16(7-9-17)20-18(22)21-12-10-15(11-13-21)14-4-2-1-3-5-14/h1-9,15H,10-13H2,(H,20,22)(H2,19,23,24). The predicted molar refractivity (Wildman–Crippen MR) is 96.8 cm³/mol. The summed E-state index contributed by atoms with van der Waals surface area (Å²) in [5, 5.41) is 7.86. The number of hydrogen-bond donors (Lipinski definition) is 2. The summed E-state index contributed by atoms with van der Waals surface area (Å²) in [6.07, 6.45) is 1.86. The smallest absolute Gasteiger partial charge is 0.321 e. The molecule has 0 spiro atoms. The Morgan fingerprint density at radius 2 is 1.60 bits per heavy atom. The van der Waals surface area contributed by atoms with Gasteiger partial charge in [0.1, 0.15) is 0 Å². The van der Waals surface area contributed by atoms with Gasteiger partial charge in [-0.2, -0.15) is 0 Å². The van der Waals surface area contributed by atoms with Gasteiger partial charge in [-0.25, -0.2) is 18.4 Å². The molecule has 3 rings (SSSR count). The summed E-state index contributed by atoms with van der Waals surface area (Å²) in [5.74, 6) is 0.485. The van der Waals surface area contributed by atoms with E-state index in [-0.39, 0.29) is 10.9 Å². The van der Waals surface area contributed by atoms with Gasteiger partial charge in [-0.15, -0.1) is 0 Å². The van der Waals surface area contributed by atoms with Gasteiger partial charge in [-0.3, -0.25) is 0 Å². The minimum absolute atomic E-state index is 0.0224. The fraction of sp³-hybridized carbons (Fsp3) is 0.278. The van der Waals surface area contributed by atoms with Gasteiger partial charge in [-0.1, -0.05) is 30.3 Å². The molecule has 1 fully saturated rings. The molecule has 1 heterocycles. The lowest BCUT2D eigenvalue weighted by Crippen LogP contribution is -2.40. The van der Waals surface area contributed by atoms with Gasteiger partial charge in [-0.05, 0) is 48.6 Å². The number of nitrogens with zero attached hydrogens (tertiary/aromatic N) is 1. The topological polar surface area (TPSA) is 92.5 Å². The normalized spacial score (nSPS) is 15.8. The van der Waals surface area contributed by atoms with Gasteiger partial charge in [0.15, 0.2) is 0 Å². The molecule has 3 N–H and O–H groups in total. The number of nitrogens with two attached hydrogens (primary N) is 1. The van der Waals surface area contributed by atoms with E-state index in [9.17, 15) is 13.2 Å². The monoisotopic (exact) mass is 359 g/mol. The highest BCUT2D eigenvalue weighted by Gasteiger charge is 2.23. The number of carbonyl (C=O) groups is 1. The van der Waals surface area contributed by atoms with Gasteiger partial charge >= 0.3 is 6.03 Å². The fourth-order valence-electron chi connectivity index (χ4n) is 3.07. The van der Waals surface area contributed by atoms with Gasteiger partial charge in [0.2, 0.25) is 10.0 Å². The van der Waals surface area contributed by atoms with Crippen LogP contribution < -0.4 is 10.5 Å². The molecule has 7 heteroatoms. The number of nitrogens with one attached hydrogen (secondary N) is 1. The molecule has 2 aromatic carbocycles. The number of primary sulfonamides is 1. The van der Waals surface area contributed by atoms with Gasteiger partial charge in [0.05, 0.1) is 4.90 Å². The van der Waals surface area contributed by atoms with Crippen LogP contribution in [0.25, 0.3) is 0 Å². The molecule has 1 aliphatic heterocycles. The lowest BCUT2D eigenvalue weighted by molar-refractivity contribution is 0.194. The Labute approximate surface area is 147 Å². The summed E-state index contributed by atoms with van der Waals surface area (Å²) in [5.41, 5.74) is 1.86. The molecular weight excluding hydrogens is 338 g/mol. The average Bonchev–Trinajstić information content (AvgIpc) is 2.62. The SMILES string of the molecule is NS(=O)(=O)c1ccc(NC(=O)N2CCC(c3ccccc3)CC2)cc1. The molecule has 0 unspecified atom stereocenters. The summed E-state index contributed by atoms with van der Waals surface area (Å²) in [7, 11) is -3.72. The summed E-state index contributed by atoms with van der Waals surface area (Å²) >= 11 is 0. The number of hydrogen-bond acceptors (Lipinski definition) is 3. The molecule has 0 atom stereocenters. The molecule has 1 saturated heterocycles. The van der Waals surface area contributed by atoms with Crippen LogP contribution in [0.3, 0.4) is 0 Å². The first-order chi connectivity index (χ1) is 11.9. The van der Waals surface area contributed by atoms with E-state index in [0.29, 0.717) is 24.7 Å². The van der Waals surface area contributed by atoms with Crippen LogP contribution in [0.2, 0.25) is 0 Å². The first-order valence-electron chi connectivity index (χ1n) is 8.17. The van der Waals surface area contributed by atoms with E-state index in [1.807, 2.05) is 18.2 Å². The maximum Gasteiger partial charge on any atom is 0.321 e. The van der Waals surface area contributed by atoms with Crippen molar-refractivity contribution in [2.24, 2.45) is 5.14 Å². The van der Waals surface area contributed by atoms with Crippen LogP contribution in [0.1, 0.15) is 24.3 Å². The van der Waals surface area contributed by atoms with Crippen LogP contribution in [0.5, 0.6) is 0 Å². The Morgan fingerprint density at radius 3 is 2.16 bits per heavy atom. The van der Waals surface area contributed by atoms with E-state index in [4.69, 9.17) is 5.14 Å². The van der Waals surface area contributed by atoms with Crippen molar-refractivity contribution in [3.8, 4) is 0 Å². The quantitative estimate of drug-likeness (QED) is 0.882. The second-order valence-electron chi connectivity index (χ2n) is 6.17. The lowest BCUT2D eigenvalue weighted by Gasteiger charge is -2.32. The number of benzene rings is 2. The van der Waals surface area contributed by atoms with Crippen molar-refractivity contribution in [2.45, 2.75) is 23.7 Å². The highest BCUT2D eigenvalue weighted by atomic mass is 32.2. The number of amides is 2. The molecule has 2 amide bonds.